The highest BCUT2D eigenvalue weighted by Crippen LogP contribution is 2.47. The Morgan fingerprint density at radius 1 is 1.25 bits per heavy atom. The number of aromatic nitrogens is 1. The average molecular weight is 444 g/mol. The monoisotopic (exact) mass is 444 g/mol. The minimum atomic E-state index is -0.632. The van der Waals surface area contributed by atoms with Crippen molar-refractivity contribution < 1.29 is 9.90 Å². The molecule has 0 bridgehead atoms. The van der Waals surface area contributed by atoms with Crippen molar-refractivity contribution in [2.24, 2.45) is 11.3 Å². The molecule has 5 heteroatoms. The van der Waals surface area contributed by atoms with Crippen LogP contribution in [0.15, 0.2) is 18.3 Å². The Morgan fingerprint density at radius 2 is 1.92 bits per heavy atom. The third-order valence-corrected chi connectivity index (χ3v) is 5.92. The summed E-state index contributed by atoms with van der Waals surface area (Å²) >= 11 is 0. The highest BCUT2D eigenvalue weighted by Gasteiger charge is 2.38. The molecular weight excluding hydrogens is 415 g/mol. The van der Waals surface area contributed by atoms with Crippen molar-refractivity contribution >= 4 is 29.9 Å². The summed E-state index contributed by atoms with van der Waals surface area (Å²) in [5.41, 5.74) is 2.87. The molecule has 0 aromatic carbocycles. The molecule has 3 rings (SSSR count). The number of aryl methyl sites for hydroxylation is 1. The Kier molecular flexibility index (Phi) is 7.04. The first kappa shape index (κ1) is 19.6. The smallest absolute Gasteiger partial charge is 0.303 e. The summed E-state index contributed by atoms with van der Waals surface area (Å²) in [7, 11) is 0. The maximum absolute atomic E-state index is 10.9. The Hall–Kier alpha value is -0.690. The lowest BCUT2D eigenvalue weighted by Gasteiger charge is -2.46. The van der Waals surface area contributed by atoms with Gasteiger partial charge in [0, 0.05) is 24.9 Å². The summed E-state index contributed by atoms with van der Waals surface area (Å²) in [5.74, 6) is -0.220. The molecule has 2 aliphatic rings. The maximum atomic E-state index is 10.9. The van der Waals surface area contributed by atoms with Gasteiger partial charge in [0.1, 0.15) is 0 Å². The number of rotatable bonds is 4. The fraction of sp³-hybridized carbons (Fsp3) is 0.684. The Balaban J connectivity index is 0.00000208. The molecule has 0 radical (unpaired) electrons. The molecule has 1 spiro atoms. The number of hydrogen-bond acceptors (Lipinski definition) is 3. The van der Waals surface area contributed by atoms with Crippen LogP contribution in [-0.2, 0) is 11.3 Å². The van der Waals surface area contributed by atoms with E-state index in [0.29, 0.717) is 17.8 Å². The predicted molar refractivity (Wildman–Crippen MR) is 106 cm³/mol. The fourth-order valence-corrected chi connectivity index (χ4v) is 4.28. The van der Waals surface area contributed by atoms with E-state index in [0.717, 1.165) is 38.2 Å². The van der Waals surface area contributed by atoms with Crippen LogP contribution in [0.5, 0.6) is 0 Å². The standard InChI is InChI=1S/C19H28N2O2.HI/c1-15-2-3-17(13-20-15)14-21-10-8-19(9-11-21)6-4-16(5-7-19)12-18(22)23;/h2-3,13,16H,4-12,14H2,1H3,(H,22,23);1H. The van der Waals surface area contributed by atoms with Crippen LogP contribution in [0.4, 0.5) is 0 Å². The normalized spacial score (nSPS) is 21.4. The topological polar surface area (TPSA) is 53.4 Å². The van der Waals surface area contributed by atoms with Crippen molar-refractivity contribution in [3.63, 3.8) is 0 Å². The van der Waals surface area contributed by atoms with E-state index < -0.39 is 5.97 Å². The summed E-state index contributed by atoms with van der Waals surface area (Å²) in [5, 5.41) is 8.95. The Labute approximate surface area is 162 Å². The zero-order valence-corrected chi connectivity index (χ0v) is 16.9. The average Bonchev–Trinajstić information content (AvgIpc) is 2.54. The van der Waals surface area contributed by atoms with Gasteiger partial charge in [-0.3, -0.25) is 14.7 Å². The molecule has 0 unspecified atom stereocenters. The predicted octanol–water partition coefficient (Wildman–Crippen LogP) is 4.26. The second-order valence-electron chi connectivity index (χ2n) is 7.63. The first-order valence-corrected chi connectivity index (χ1v) is 8.90. The lowest BCUT2D eigenvalue weighted by Crippen LogP contribution is -2.41. The largest absolute Gasteiger partial charge is 0.481 e. The van der Waals surface area contributed by atoms with E-state index in [-0.39, 0.29) is 24.0 Å². The van der Waals surface area contributed by atoms with Gasteiger partial charge in [-0.1, -0.05) is 6.07 Å². The minimum Gasteiger partial charge on any atom is -0.481 e. The number of aliphatic carboxylic acids is 1. The molecule has 1 aliphatic heterocycles. The van der Waals surface area contributed by atoms with Gasteiger partial charge in [-0.25, -0.2) is 0 Å². The molecule has 1 aromatic rings. The van der Waals surface area contributed by atoms with E-state index in [1.165, 1.54) is 31.2 Å². The van der Waals surface area contributed by atoms with Crippen molar-refractivity contribution in [3.05, 3.63) is 29.6 Å². The summed E-state index contributed by atoms with van der Waals surface area (Å²) in [4.78, 5) is 17.8. The molecule has 0 atom stereocenters. The summed E-state index contributed by atoms with van der Waals surface area (Å²) in [6.45, 7) is 5.36. The molecule has 1 saturated heterocycles. The highest BCUT2D eigenvalue weighted by atomic mass is 127. The van der Waals surface area contributed by atoms with E-state index in [2.05, 4.69) is 22.0 Å². The van der Waals surface area contributed by atoms with E-state index >= 15 is 0 Å². The van der Waals surface area contributed by atoms with Crippen molar-refractivity contribution in [3.8, 4) is 0 Å². The molecule has 134 valence electrons. The quantitative estimate of drug-likeness (QED) is 0.706. The minimum absolute atomic E-state index is 0. The van der Waals surface area contributed by atoms with Gasteiger partial charge in [0.25, 0.3) is 0 Å². The molecule has 0 amide bonds. The van der Waals surface area contributed by atoms with Crippen LogP contribution in [-0.4, -0.2) is 34.0 Å². The third-order valence-electron chi connectivity index (χ3n) is 5.92. The van der Waals surface area contributed by atoms with Crippen LogP contribution >= 0.6 is 24.0 Å². The lowest BCUT2D eigenvalue weighted by atomic mass is 9.65. The van der Waals surface area contributed by atoms with Crippen molar-refractivity contribution in [2.75, 3.05) is 13.1 Å². The molecular formula is C19H29IN2O2. The summed E-state index contributed by atoms with van der Waals surface area (Å²) < 4.78 is 0. The van der Waals surface area contributed by atoms with Gasteiger partial charge in [-0.2, -0.15) is 0 Å². The number of likely N-dealkylation sites (tertiary alicyclic amines) is 1. The van der Waals surface area contributed by atoms with Gasteiger partial charge in [-0.15, -0.1) is 24.0 Å². The Morgan fingerprint density at radius 3 is 2.46 bits per heavy atom. The molecule has 1 aromatic heterocycles. The van der Waals surface area contributed by atoms with E-state index in [1.807, 2.05) is 13.1 Å². The van der Waals surface area contributed by atoms with Crippen LogP contribution in [0.3, 0.4) is 0 Å². The summed E-state index contributed by atoms with van der Waals surface area (Å²) in [6.07, 6.45) is 9.57. The number of pyridine rings is 1. The van der Waals surface area contributed by atoms with Gasteiger partial charge in [0.05, 0.1) is 0 Å². The van der Waals surface area contributed by atoms with Gasteiger partial charge >= 0.3 is 5.97 Å². The number of halogens is 1. The molecule has 2 fully saturated rings. The molecule has 1 N–H and O–H groups in total. The van der Waals surface area contributed by atoms with Crippen molar-refractivity contribution in [1.29, 1.82) is 0 Å². The van der Waals surface area contributed by atoms with Gasteiger partial charge in [0.2, 0.25) is 0 Å². The van der Waals surface area contributed by atoms with Crippen molar-refractivity contribution in [1.82, 2.24) is 9.88 Å². The second-order valence-corrected chi connectivity index (χ2v) is 7.63. The lowest BCUT2D eigenvalue weighted by molar-refractivity contribution is -0.138. The van der Waals surface area contributed by atoms with Gasteiger partial charge < -0.3 is 5.11 Å². The molecule has 1 saturated carbocycles. The van der Waals surface area contributed by atoms with E-state index in [1.54, 1.807) is 0 Å². The Bertz CT molecular complexity index is 529. The van der Waals surface area contributed by atoms with E-state index in [9.17, 15) is 4.79 Å². The van der Waals surface area contributed by atoms with Gasteiger partial charge in [0.15, 0.2) is 0 Å². The van der Waals surface area contributed by atoms with Crippen LogP contribution in [0.25, 0.3) is 0 Å². The number of piperidine rings is 1. The molecule has 24 heavy (non-hydrogen) atoms. The van der Waals surface area contributed by atoms with Crippen molar-refractivity contribution in [2.45, 2.75) is 58.4 Å². The van der Waals surface area contributed by atoms with Crippen LogP contribution in [0, 0.1) is 18.3 Å². The number of carbonyl (C=O) groups is 1. The van der Waals surface area contributed by atoms with E-state index in [4.69, 9.17) is 5.11 Å². The maximum Gasteiger partial charge on any atom is 0.303 e. The number of hydrogen-bond donors (Lipinski definition) is 1. The zero-order chi connectivity index (χ0) is 16.3. The number of carboxylic acids is 1. The number of nitrogens with zero attached hydrogens (tertiary/aromatic N) is 2. The van der Waals surface area contributed by atoms with Gasteiger partial charge in [-0.05, 0) is 81.5 Å². The second kappa shape index (κ2) is 8.61. The summed E-state index contributed by atoms with van der Waals surface area (Å²) in [6, 6.07) is 4.27. The molecule has 2 heterocycles. The number of carboxylic acid groups (broad SMARTS) is 1. The third kappa shape index (κ3) is 5.15. The van der Waals surface area contributed by atoms with Crippen LogP contribution in [0.1, 0.15) is 56.2 Å². The first-order chi connectivity index (χ1) is 11.0. The van der Waals surface area contributed by atoms with Crippen LogP contribution < -0.4 is 0 Å². The first-order valence-electron chi connectivity index (χ1n) is 8.90. The molecule has 4 nitrogen and oxygen atoms in total. The fourth-order valence-electron chi connectivity index (χ4n) is 4.28. The SMILES string of the molecule is Cc1ccc(CN2CCC3(CCC(CC(=O)O)CC3)CC2)cn1.I. The highest BCUT2D eigenvalue weighted by molar-refractivity contribution is 14.0. The zero-order valence-electron chi connectivity index (χ0n) is 14.5. The molecule has 1 aliphatic carbocycles. The van der Waals surface area contributed by atoms with Crippen LogP contribution in [0.2, 0.25) is 0 Å².